The number of aliphatic hydroxyl groups is 3. The Labute approximate surface area is 119 Å². The summed E-state index contributed by atoms with van der Waals surface area (Å²) in [5.74, 6) is -0.0982. The zero-order valence-electron chi connectivity index (χ0n) is 11.6. The van der Waals surface area contributed by atoms with Gasteiger partial charge >= 0.3 is 0 Å². The number of fused-ring (bicyclic) bond motifs is 1. The van der Waals surface area contributed by atoms with E-state index in [1.54, 1.807) is 6.92 Å². The average Bonchev–Trinajstić information content (AvgIpc) is 2.76. The highest BCUT2D eigenvalue weighted by atomic mass is 16.5. The Bertz CT molecular complexity index is 691. The first-order valence-electron chi connectivity index (χ1n) is 6.27. The van der Waals surface area contributed by atoms with Crippen molar-refractivity contribution >= 4 is 17.0 Å². The van der Waals surface area contributed by atoms with E-state index in [1.165, 1.54) is 17.9 Å². The van der Waals surface area contributed by atoms with Crippen molar-refractivity contribution in [1.29, 1.82) is 0 Å². The molecule has 0 aromatic carbocycles. The zero-order valence-corrected chi connectivity index (χ0v) is 11.6. The molecule has 0 saturated carbocycles. The Hall–Kier alpha value is -1.94. The second-order valence-electron chi connectivity index (χ2n) is 4.73. The first-order chi connectivity index (χ1) is 9.90. The van der Waals surface area contributed by atoms with Gasteiger partial charge in [0.1, 0.15) is 12.2 Å². The van der Waals surface area contributed by atoms with Crippen LogP contribution in [0.25, 0.3) is 11.0 Å². The molecule has 3 atom stereocenters. The van der Waals surface area contributed by atoms with Gasteiger partial charge in [-0.05, 0) is 12.5 Å². The van der Waals surface area contributed by atoms with Crippen LogP contribution in [0.3, 0.4) is 0 Å². The van der Waals surface area contributed by atoms with Crippen molar-refractivity contribution in [1.82, 2.24) is 14.5 Å². The monoisotopic (exact) mass is 298 g/mol. The van der Waals surface area contributed by atoms with Crippen LogP contribution in [0.2, 0.25) is 0 Å². The molecular weight excluding hydrogens is 280 g/mol. The molecule has 0 fully saturated rings. The highest BCUT2D eigenvalue weighted by molar-refractivity contribution is 5.80. The summed E-state index contributed by atoms with van der Waals surface area (Å²) in [6.07, 6.45) is -2.36. The maximum absolute atomic E-state index is 11.9. The van der Waals surface area contributed by atoms with Gasteiger partial charge in [-0.2, -0.15) is 4.98 Å². The predicted octanol–water partition coefficient (Wildman–Crippen LogP) is -1.53. The van der Waals surface area contributed by atoms with Crippen molar-refractivity contribution in [2.75, 3.05) is 19.5 Å². The van der Waals surface area contributed by atoms with Crippen molar-refractivity contribution in [2.45, 2.75) is 25.4 Å². The molecule has 0 unspecified atom stereocenters. The molecule has 6 N–H and O–H groups in total. The maximum atomic E-state index is 11.9. The first kappa shape index (κ1) is 15.4. The topological polar surface area (TPSA) is 147 Å². The average molecular weight is 298 g/mol. The number of anilines is 1. The van der Waals surface area contributed by atoms with Gasteiger partial charge in [0.15, 0.2) is 11.9 Å². The van der Waals surface area contributed by atoms with Gasteiger partial charge in [-0.15, -0.1) is 0 Å². The molecule has 9 nitrogen and oxygen atoms in total. The minimum atomic E-state index is -1.45. The highest BCUT2D eigenvalue weighted by Crippen LogP contribution is 2.22. The number of hydrogen-bond acceptors (Lipinski definition) is 7. The van der Waals surface area contributed by atoms with Crippen LogP contribution in [0.5, 0.6) is 0 Å². The standard InChI is InChI=1S/C12H18N4O5/c1-5-3-16(11(20)8(18)6(4-17)21-2)9-7(5)10(19)15-12(13)14-9/h3,6,8,11,17-18,20H,4H2,1-2H3,(H3,13,14,15,19)/t6-,8-,11-/m1/s1. The lowest BCUT2D eigenvalue weighted by Gasteiger charge is -2.25. The molecule has 0 amide bonds. The van der Waals surface area contributed by atoms with E-state index >= 15 is 0 Å². The second-order valence-corrected chi connectivity index (χ2v) is 4.73. The van der Waals surface area contributed by atoms with E-state index in [2.05, 4.69) is 9.97 Å². The van der Waals surface area contributed by atoms with Gasteiger partial charge in [0, 0.05) is 13.3 Å². The lowest BCUT2D eigenvalue weighted by molar-refractivity contribution is -0.115. The van der Waals surface area contributed by atoms with Gasteiger partial charge in [-0.25, -0.2) is 0 Å². The van der Waals surface area contributed by atoms with E-state index in [0.29, 0.717) is 5.56 Å². The fourth-order valence-corrected chi connectivity index (χ4v) is 2.24. The number of nitrogens with one attached hydrogen (secondary N) is 1. The number of H-pyrrole nitrogens is 1. The molecule has 2 heterocycles. The van der Waals surface area contributed by atoms with E-state index < -0.39 is 30.6 Å². The maximum Gasteiger partial charge on any atom is 0.262 e. The summed E-state index contributed by atoms with van der Waals surface area (Å²) in [7, 11) is 1.30. The summed E-state index contributed by atoms with van der Waals surface area (Å²) in [5, 5.41) is 29.7. The lowest BCUT2D eigenvalue weighted by atomic mass is 10.2. The molecule has 0 radical (unpaired) electrons. The molecule has 2 aromatic heterocycles. The van der Waals surface area contributed by atoms with Crippen LogP contribution >= 0.6 is 0 Å². The molecule has 9 heteroatoms. The van der Waals surface area contributed by atoms with Gasteiger partial charge in [0.05, 0.1) is 12.0 Å². The van der Waals surface area contributed by atoms with E-state index in [4.69, 9.17) is 15.6 Å². The van der Waals surface area contributed by atoms with E-state index in [0.717, 1.165) is 0 Å². The van der Waals surface area contributed by atoms with Crippen LogP contribution in [-0.2, 0) is 4.74 Å². The number of nitrogen functional groups attached to an aromatic ring is 1. The van der Waals surface area contributed by atoms with Crippen LogP contribution in [0, 0.1) is 6.92 Å². The van der Waals surface area contributed by atoms with Crippen molar-refractivity contribution in [2.24, 2.45) is 0 Å². The number of aromatic nitrogens is 3. The predicted molar refractivity (Wildman–Crippen MR) is 74.6 cm³/mol. The number of aromatic amines is 1. The Morgan fingerprint density at radius 3 is 2.76 bits per heavy atom. The van der Waals surface area contributed by atoms with Gasteiger partial charge < -0.3 is 30.4 Å². The van der Waals surface area contributed by atoms with Crippen molar-refractivity contribution in [3.05, 3.63) is 22.1 Å². The normalized spacial score (nSPS) is 16.0. The number of nitrogens with zero attached hydrogens (tertiary/aromatic N) is 2. The van der Waals surface area contributed by atoms with Crippen LogP contribution in [0.15, 0.2) is 11.0 Å². The van der Waals surface area contributed by atoms with E-state index in [-0.39, 0.29) is 17.0 Å². The van der Waals surface area contributed by atoms with Gasteiger partial charge in [-0.3, -0.25) is 9.78 Å². The highest BCUT2D eigenvalue weighted by Gasteiger charge is 2.29. The van der Waals surface area contributed by atoms with Crippen LogP contribution in [0.4, 0.5) is 5.95 Å². The SMILES string of the molecule is CO[C@H](CO)[C@@H](O)[C@@H](O)n1cc(C)c2c(=O)[nH]c(N)nc21. The summed E-state index contributed by atoms with van der Waals surface area (Å²) in [4.78, 5) is 18.2. The smallest absolute Gasteiger partial charge is 0.262 e. The lowest BCUT2D eigenvalue weighted by Crippen LogP contribution is -2.38. The number of rotatable bonds is 5. The molecule has 21 heavy (non-hydrogen) atoms. The molecule has 0 aliphatic heterocycles. The molecule has 0 aliphatic rings. The van der Waals surface area contributed by atoms with Crippen molar-refractivity contribution in [3.8, 4) is 0 Å². The van der Waals surface area contributed by atoms with Crippen LogP contribution < -0.4 is 11.3 Å². The minimum Gasteiger partial charge on any atom is -0.394 e. The Morgan fingerprint density at radius 1 is 1.52 bits per heavy atom. The quantitative estimate of drug-likeness (QED) is 0.450. The van der Waals surface area contributed by atoms with Gasteiger partial charge in [0.2, 0.25) is 5.95 Å². The summed E-state index contributed by atoms with van der Waals surface area (Å²) in [5.41, 5.74) is 5.79. The third kappa shape index (κ3) is 2.63. The number of nitrogens with two attached hydrogens (primary N) is 1. The minimum absolute atomic E-state index is 0.0982. The molecule has 0 saturated heterocycles. The largest absolute Gasteiger partial charge is 0.394 e. The third-order valence-electron chi connectivity index (χ3n) is 3.34. The number of ether oxygens (including phenoxy) is 1. The number of aliphatic hydroxyl groups excluding tert-OH is 3. The Kier molecular flexibility index (Phi) is 4.28. The Morgan fingerprint density at radius 2 is 2.19 bits per heavy atom. The molecular formula is C12H18N4O5. The number of aryl methyl sites for hydroxylation is 1. The second kappa shape index (κ2) is 5.82. The summed E-state index contributed by atoms with van der Waals surface area (Å²) in [6.45, 7) is 1.20. The van der Waals surface area contributed by atoms with Crippen LogP contribution in [-0.4, -0.2) is 55.8 Å². The molecule has 0 bridgehead atoms. The van der Waals surface area contributed by atoms with Gasteiger partial charge in [0.25, 0.3) is 5.56 Å². The fourth-order valence-electron chi connectivity index (χ4n) is 2.24. The van der Waals surface area contributed by atoms with E-state index in [1.807, 2.05) is 0 Å². The molecule has 2 aromatic rings. The molecule has 0 spiro atoms. The number of methoxy groups -OCH3 is 1. The summed E-state index contributed by atoms with van der Waals surface area (Å²) >= 11 is 0. The fraction of sp³-hybridized carbons (Fsp3) is 0.500. The Balaban J connectivity index is 2.54. The molecule has 0 aliphatic carbocycles. The van der Waals surface area contributed by atoms with Crippen molar-refractivity contribution in [3.63, 3.8) is 0 Å². The zero-order chi connectivity index (χ0) is 15.7. The summed E-state index contributed by atoms with van der Waals surface area (Å²) in [6, 6.07) is 0. The van der Waals surface area contributed by atoms with Gasteiger partial charge in [-0.1, -0.05) is 0 Å². The van der Waals surface area contributed by atoms with Crippen LogP contribution in [0.1, 0.15) is 11.8 Å². The van der Waals surface area contributed by atoms with E-state index in [9.17, 15) is 15.0 Å². The third-order valence-corrected chi connectivity index (χ3v) is 3.34. The van der Waals surface area contributed by atoms with Crippen molar-refractivity contribution < 1.29 is 20.1 Å². The summed E-state index contributed by atoms with van der Waals surface area (Å²) < 4.78 is 6.11. The molecule has 116 valence electrons. The first-order valence-corrected chi connectivity index (χ1v) is 6.27. The molecule has 2 rings (SSSR count). The number of hydrogen-bond donors (Lipinski definition) is 5.